The SMILES string of the molecule is O=C(c1ccc2cc(OCCCN3CCCCC3)ccc2c1)N1CCSCC1. The summed E-state index contributed by atoms with van der Waals surface area (Å²) in [6.45, 7) is 6.08. The van der Waals surface area contributed by atoms with Crippen molar-refractivity contribution in [2.45, 2.75) is 25.7 Å². The van der Waals surface area contributed by atoms with Crippen molar-refractivity contribution in [1.82, 2.24) is 9.80 Å². The van der Waals surface area contributed by atoms with E-state index >= 15 is 0 Å². The van der Waals surface area contributed by atoms with E-state index in [4.69, 9.17) is 4.74 Å². The van der Waals surface area contributed by atoms with E-state index in [0.717, 1.165) is 66.3 Å². The van der Waals surface area contributed by atoms with Gasteiger partial charge >= 0.3 is 0 Å². The second-order valence-corrected chi connectivity index (χ2v) is 8.96. The Morgan fingerprint density at radius 1 is 0.929 bits per heavy atom. The Hall–Kier alpha value is -1.72. The number of fused-ring (bicyclic) bond motifs is 1. The monoisotopic (exact) mass is 398 g/mol. The first kappa shape index (κ1) is 19.6. The molecule has 0 spiro atoms. The van der Waals surface area contributed by atoms with Gasteiger partial charge in [-0.2, -0.15) is 11.8 Å². The van der Waals surface area contributed by atoms with Crippen molar-refractivity contribution in [3.63, 3.8) is 0 Å². The third-order valence-electron chi connectivity index (χ3n) is 5.69. The molecule has 0 bridgehead atoms. The number of nitrogens with zero attached hydrogens (tertiary/aromatic N) is 2. The van der Waals surface area contributed by atoms with Crippen LogP contribution in [0.15, 0.2) is 36.4 Å². The van der Waals surface area contributed by atoms with Crippen LogP contribution in [0.4, 0.5) is 0 Å². The zero-order chi connectivity index (χ0) is 19.2. The summed E-state index contributed by atoms with van der Waals surface area (Å²) in [5.41, 5.74) is 0.787. The Labute approximate surface area is 172 Å². The van der Waals surface area contributed by atoms with Gasteiger partial charge in [0.2, 0.25) is 0 Å². The summed E-state index contributed by atoms with van der Waals surface area (Å²) in [6, 6.07) is 12.2. The van der Waals surface area contributed by atoms with Crippen LogP contribution in [0.2, 0.25) is 0 Å². The molecule has 2 fully saturated rings. The normalized spacial score (nSPS) is 18.4. The minimum absolute atomic E-state index is 0.153. The van der Waals surface area contributed by atoms with Gasteiger partial charge < -0.3 is 14.5 Å². The second-order valence-electron chi connectivity index (χ2n) is 7.73. The van der Waals surface area contributed by atoms with E-state index in [0.29, 0.717) is 0 Å². The van der Waals surface area contributed by atoms with E-state index in [1.165, 1.54) is 32.4 Å². The lowest BCUT2D eigenvalue weighted by Crippen LogP contribution is -2.37. The number of ether oxygens (including phenoxy) is 1. The fraction of sp³-hybridized carbons (Fsp3) is 0.522. The van der Waals surface area contributed by atoms with Gasteiger partial charge in [0.25, 0.3) is 5.91 Å². The lowest BCUT2D eigenvalue weighted by Gasteiger charge is -2.26. The van der Waals surface area contributed by atoms with Crippen LogP contribution < -0.4 is 4.74 Å². The number of likely N-dealkylation sites (tertiary alicyclic amines) is 1. The van der Waals surface area contributed by atoms with Gasteiger partial charge in [-0.3, -0.25) is 4.79 Å². The van der Waals surface area contributed by atoms with Gasteiger partial charge in [-0.25, -0.2) is 0 Å². The van der Waals surface area contributed by atoms with Crippen molar-refractivity contribution in [2.24, 2.45) is 0 Å². The molecule has 0 radical (unpaired) electrons. The number of carbonyl (C=O) groups excluding carboxylic acids is 1. The molecule has 4 nitrogen and oxygen atoms in total. The van der Waals surface area contributed by atoms with Crippen molar-refractivity contribution in [3.8, 4) is 5.75 Å². The van der Waals surface area contributed by atoms with Crippen LogP contribution in [0, 0.1) is 0 Å². The summed E-state index contributed by atoms with van der Waals surface area (Å²) < 4.78 is 5.97. The van der Waals surface area contributed by atoms with E-state index in [9.17, 15) is 4.79 Å². The largest absolute Gasteiger partial charge is 0.494 e. The maximum atomic E-state index is 12.7. The van der Waals surface area contributed by atoms with Gasteiger partial charge in [0.05, 0.1) is 6.61 Å². The summed E-state index contributed by atoms with van der Waals surface area (Å²) >= 11 is 1.92. The minimum atomic E-state index is 0.153. The molecule has 0 unspecified atom stereocenters. The molecule has 2 aromatic carbocycles. The Balaban J connectivity index is 1.33. The number of rotatable bonds is 6. The highest BCUT2D eigenvalue weighted by Crippen LogP contribution is 2.23. The highest BCUT2D eigenvalue weighted by Gasteiger charge is 2.18. The summed E-state index contributed by atoms with van der Waals surface area (Å²) in [4.78, 5) is 17.2. The first-order chi connectivity index (χ1) is 13.8. The van der Waals surface area contributed by atoms with Crippen LogP contribution >= 0.6 is 11.8 Å². The van der Waals surface area contributed by atoms with E-state index in [1.54, 1.807) is 0 Å². The van der Waals surface area contributed by atoms with Gasteiger partial charge in [0.15, 0.2) is 0 Å². The van der Waals surface area contributed by atoms with Crippen molar-refractivity contribution in [1.29, 1.82) is 0 Å². The number of hydrogen-bond donors (Lipinski definition) is 0. The third-order valence-corrected chi connectivity index (χ3v) is 6.64. The number of amides is 1. The lowest BCUT2D eigenvalue weighted by atomic mass is 10.1. The van der Waals surface area contributed by atoms with Crippen LogP contribution in [-0.4, -0.2) is 66.5 Å². The molecule has 5 heteroatoms. The predicted octanol–water partition coefficient (Wildman–Crippen LogP) is 4.28. The molecule has 150 valence electrons. The van der Waals surface area contributed by atoms with Crippen molar-refractivity contribution in [2.75, 3.05) is 50.8 Å². The second kappa shape index (κ2) is 9.66. The molecule has 4 rings (SSSR count). The summed E-state index contributed by atoms with van der Waals surface area (Å²) in [7, 11) is 0. The van der Waals surface area contributed by atoms with E-state index < -0.39 is 0 Å². The van der Waals surface area contributed by atoms with Gasteiger partial charge in [0.1, 0.15) is 5.75 Å². The third kappa shape index (κ3) is 5.00. The van der Waals surface area contributed by atoms with Crippen LogP contribution in [0.1, 0.15) is 36.0 Å². The fourth-order valence-corrected chi connectivity index (χ4v) is 4.96. The number of hydrogen-bond acceptors (Lipinski definition) is 4. The number of piperidine rings is 1. The molecule has 2 saturated heterocycles. The van der Waals surface area contributed by atoms with Crippen molar-refractivity contribution < 1.29 is 9.53 Å². The Morgan fingerprint density at radius 3 is 2.50 bits per heavy atom. The predicted molar refractivity (Wildman–Crippen MR) is 118 cm³/mol. The van der Waals surface area contributed by atoms with Crippen molar-refractivity contribution >= 4 is 28.4 Å². The maximum absolute atomic E-state index is 12.7. The molecule has 1 amide bonds. The highest BCUT2D eigenvalue weighted by atomic mass is 32.2. The quantitative estimate of drug-likeness (QED) is 0.680. The van der Waals surface area contributed by atoms with Crippen LogP contribution in [0.25, 0.3) is 10.8 Å². The van der Waals surface area contributed by atoms with E-state index in [2.05, 4.69) is 17.0 Å². The number of benzene rings is 2. The van der Waals surface area contributed by atoms with Gasteiger partial charge in [0, 0.05) is 36.7 Å². The number of thioether (sulfide) groups is 1. The maximum Gasteiger partial charge on any atom is 0.253 e. The van der Waals surface area contributed by atoms with Crippen molar-refractivity contribution in [3.05, 3.63) is 42.0 Å². The lowest BCUT2D eigenvalue weighted by molar-refractivity contribution is 0.0772. The minimum Gasteiger partial charge on any atom is -0.494 e. The zero-order valence-corrected chi connectivity index (χ0v) is 17.4. The van der Waals surface area contributed by atoms with Crippen LogP contribution in [0.5, 0.6) is 5.75 Å². The topological polar surface area (TPSA) is 32.8 Å². The van der Waals surface area contributed by atoms with E-state index in [1.807, 2.05) is 40.9 Å². The summed E-state index contributed by atoms with van der Waals surface area (Å²) in [5.74, 6) is 3.15. The number of carbonyl (C=O) groups is 1. The average Bonchev–Trinajstić information content (AvgIpc) is 2.77. The molecule has 2 aliphatic heterocycles. The molecule has 2 heterocycles. The summed E-state index contributed by atoms with van der Waals surface area (Å²) in [6.07, 6.45) is 5.13. The molecule has 0 N–H and O–H groups in total. The highest BCUT2D eigenvalue weighted by molar-refractivity contribution is 7.99. The molecule has 0 aromatic heterocycles. The molecule has 28 heavy (non-hydrogen) atoms. The Morgan fingerprint density at radius 2 is 1.68 bits per heavy atom. The average molecular weight is 399 g/mol. The van der Waals surface area contributed by atoms with Gasteiger partial charge in [-0.15, -0.1) is 0 Å². The van der Waals surface area contributed by atoms with Crippen LogP contribution in [0.3, 0.4) is 0 Å². The smallest absolute Gasteiger partial charge is 0.253 e. The first-order valence-corrected chi connectivity index (χ1v) is 11.7. The molecule has 0 saturated carbocycles. The molecular formula is C23H30N2O2S. The summed E-state index contributed by atoms with van der Waals surface area (Å²) in [5, 5.41) is 2.22. The van der Waals surface area contributed by atoms with E-state index in [-0.39, 0.29) is 5.91 Å². The Bertz CT molecular complexity index is 798. The molecule has 2 aromatic rings. The zero-order valence-electron chi connectivity index (χ0n) is 16.6. The molecular weight excluding hydrogens is 368 g/mol. The molecule has 2 aliphatic rings. The van der Waals surface area contributed by atoms with Gasteiger partial charge in [-0.1, -0.05) is 18.6 Å². The fourth-order valence-electron chi connectivity index (χ4n) is 4.06. The molecule has 0 aliphatic carbocycles. The van der Waals surface area contributed by atoms with Gasteiger partial charge in [-0.05, 0) is 67.4 Å². The van der Waals surface area contributed by atoms with Crippen LogP contribution in [-0.2, 0) is 0 Å². The first-order valence-electron chi connectivity index (χ1n) is 10.6. The standard InChI is InChI=1S/C23H30N2O2S/c26-23(25-12-15-28-16-13-25)21-6-5-20-18-22(8-7-19(20)17-21)27-14-4-11-24-9-2-1-3-10-24/h5-8,17-18H,1-4,9-16H2. The Kier molecular flexibility index (Phi) is 6.76. The molecule has 0 atom stereocenters.